The Balaban J connectivity index is 0.00000312. The predicted octanol–water partition coefficient (Wildman–Crippen LogP) is 4.21. The molecule has 0 radical (unpaired) electrons. The lowest BCUT2D eigenvalue weighted by atomic mass is 10.2. The summed E-state index contributed by atoms with van der Waals surface area (Å²) in [5.41, 5.74) is 0.712. The van der Waals surface area contributed by atoms with E-state index >= 15 is 0 Å². The van der Waals surface area contributed by atoms with E-state index in [1.54, 1.807) is 17.4 Å². The molecule has 0 aliphatic carbocycles. The highest BCUT2D eigenvalue weighted by molar-refractivity contribution is 14.0. The van der Waals surface area contributed by atoms with Crippen LogP contribution < -0.4 is 10.6 Å². The number of phenols is 1. The van der Waals surface area contributed by atoms with Gasteiger partial charge in [-0.2, -0.15) is 0 Å². The number of hydrogen-bond donors (Lipinski definition) is 3. The molecule has 1 aromatic carbocycles. The van der Waals surface area contributed by atoms with Gasteiger partial charge in [0.05, 0.1) is 6.54 Å². The fourth-order valence-electron chi connectivity index (χ4n) is 2.32. The third kappa shape index (κ3) is 7.19. The lowest BCUT2D eigenvalue weighted by molar-refractivity contribution is 0.432. The molecule has 7 heteroatoms. The smallest absolute Gasteiger partial charge is 0.191 e. The largest absolute Gasteiger partial charge is 0.505 e. The number of hydrogen-bond acceptors (Lipinski definition) is 3. The number of rotatable bonds is 6. The summed E-state index contributed by atoms with van der Waals surface area (Å²) in [5, 5.41) is 15.8. The molecule has 1 atom stereocenters. The molecular formula is C18H25FIN3OS. The van der Waals surface area contributed by atoms with Crippen molar-refractivity contribution in [1.29, 1.82) is 0 Å². The zero-order chi connectivity index (χ0) is 17.5. The molecule has 0 amide bonds. The second-order valence-electron chi connectivity index (χ2n) is 5.74. The van der Waals surface area contributed by atoms with E-state index in [2.05, 4.69) is 41.6 Å². The molecule has 2 rings (SSSR count). The van der Waals surface area contributed by atoms with Gasteiger partial charge in [-0.15, -0.1) is 35.3 Å². The molecule has 0 aliphatic heterocycles. The van der Waals surface area contributed by atoms with Crippen molar-refractivity contribution in [3.63, 3.8) is 0 Å². The first-order valence-electron chi connectivity index (χ1n) is 8.05. The van der Waals surface area contributed by atoms with Crippen LogP contribution in [0.3, 0.4) is 0 Å². The van der Waals surface area contributed by atoms with Crippen LogP contribution in [0.5, 0.6) is 5.75 Å². The van der Waals surface area contributed by atoms with Crippen LogP contribution in [0.4, 0.5) is 4.39 Å². The number of nitrogens with one attached hydrogen (secondary N) is 2. The number of thiophene rings is 1. The summed E-state index contributed by atoms with van der Waals surface area (Å²) in [4.78, 5) is 7.14. The van der Waals surface area contributed by atoms with Gasteiger partial charge in [0, 0.05) is 28.8 Å². The topological polar surface area (TPSA) is 56.7 Å². The monoisotopic (exact) mass is 477 g/mol. The Morgan fingerprint density at radius 3 is 2.68 bits per heavy atom. The molecule has 1 heterocycles. The van der Waals surface area contributed by atoms with E-state index in [-0.39, 0.29) is 35.8 Å². The summed E-state index contributed by atoms with van der Waals surface area (Å²) in [6.07, 6.45) is 0.927. The lowest BCUT2D eigenvalue weighted by Crippen LogP contribution is -2.43. The highest BCUT2D eigenvalue weighted by Crippen LogP contribution is 2.17. The summed E-state index contributed by atoms with van der Waals surface area (Å²) in [6, 6.07) is 8.84. The number of aromatic hydroxyl groups is 1. The number of aliphatic imine (C=N–C) groups is 1. The van der Waals surface area contributed by atoms with E-state index in [1.807, 2.05) is 6.92 Å². The number of guanidine groups is 1. The van der Waals surface area contributed by atoms with Crippen LogP contribution in [0.15, 0.2) is 35.3 Å². The zero-order valence-electron chi connectivity index (χ0n) is 14.7. The zero-order valence-corrected chi connectivity index (χ0v) is 17.8. The maximum absolute atomic E-state index is 13.4. The van der Waals surface area contributed by atoms with Gasteiger partial charge in [0.2, 0.25) is 0 Å². The average molecular weight is 477 g/mol. The standard InChI is InChI=1S/C18H24FN3OS.HI/c1-4-20-18(21-11-14-6-8-17(23)16(19)10-14)22-12(2)9-15-7-5-13(3)24-15;/h5-8,10,12,23H,4,9,11H2,1-3H3,(H2,20,21,22);1H. The highest BCUT2D eigenvalue weighted by atomic mass is 127. The van der Waals surface area contributed by atoms with E-state index < -0.39 is 5.82 Å². The minimum absolute atomic E-state index is 0. The Morgan fingerprint density at radius 2 is 2.08 bits per heavy atom. The van der Waals surface area contributed by atoms with Crippen molar-refractivity contribution in [3.8, 4) is 5.75 Å². The van der Waals surface area contributed by atoms with E-state index in [1.165, 1.54) is 21.9 Å². The first kappa shape index (κ1) is 21.7. The molecule has 0 saturated heterocycles. The van der Waals surface area contributed by atoms with Crippen LogP contribution >= 0.6 is 35.3 Å². The number of aryl methyl sites for hydroxylation is 1. The molecule has 0 spiro atoms. The second kappa shape index (κ2) is 10.6. The van der Waals surface area contributed by atoms with E-state index in [4.69, 9.17) is 0 Å². The Labute approximate surface area is 169 Å². The molecule has 25 heavy (non-hydrogen) atoms. The molecule has 0 saturated carbocycles. The maximum atomic E-state index is 13.4. The third-order valence-corrected chi connectivity index (χ3v) is 4.49. The van der Waals surface area contributed by atoms with Gasteiger partial charge in [-0.3, -0.25) is 0 Å². The van der Waals surface area contributed by atoms with Crippen molar-refractivity contribution in [2.24, 2.45) is 4.99 Å². The molecule has 1 unspecified atom stereocenters. The SMILES string of the molecule is CCNC(=NCc1ccc(O)c(F)c1)NC(C)Cc1ccc(C)s1.I. The minimum atomic E-state index is -0.623. The Kier molecular flexibility index (Phi) is 9.20. The summed E-state index contributed by atoms with van der Waals surface area (Å²) in [5.74, 6) is -0.263. The fourth-order valence-corrected chi connectivity index (χ4v) is 3.34. The molecule has 1 aromatic heterocycles. The van der Waals surface area contributed by atoms with Crippen LogP contribution in [0, 0.1) is 12.7 Å². The van der Waals surface area contributed by atoms with Gasteiger partial charge in [0.1, 0.15) is 0 Å². The molecule has 2 aromatic rings. The van der Waals surface area contributed by atoms with Crippen LogP contribution in [-0.4, -0.2) is 23.7 Å². The highest BCUT2D eigenvalue weighted by Gasteiger charge is 2.08. The van der Waals surface area contributed by atoms with Crippen molar-refractivity contribution in [1.82, 2.24) is 10.6 Å². The van der Waals surface area contributed by atoms with Crippen LogP contribution in [-0.2, 0) is 13.0 Å². The van der Waals surface area contributed by atoms with Gasteiger partial charge < -0.3 is 15.7 Å². The van der Waals surface area contributed by atoms with Gasteiger partial charge in [-0.1, -0.05) is 6.07 Å². The Hall–Kier alpha value is -1.35. The quantitative estimate of drug-likeness (QED) is 0.332. The predicted molar refractivity (Wildman–Crippen MR) is 114 cm³/mol. The summed E-state index contributed by atoms with van der Waals surface area (Å²) in [6.45, 7) is 7.32. The maximum Gasteiger partial charge on any atom is 0.191 e. The normalized spacial score (nSPS) is 12.4. The minimum Gasteiger partial charge on any atom is -0.505 e. The van der Waals surface area contributed by atoms with Crippen molar-refractivity contribution in [2.75, 3.05) is 6.54 Å². The second-order valence-corrected chi connectivity index (χ2v) is 7.12. The van der Waals surface area contributed by atoms with Crippen molar-refractivity contribution >= 4 is 41.3 Å². The third-order valence-electron chi connectivity index (χ3n) is 3.46. The van der Waals surface area contributed by atoms with E-state index in [0.29, 0.717) is 18.1 Å². The van der Waals surface area contributed by atoms with Crippen LogP contribution in [0.2, 0.25) is 0 Å². The van der Waals surface area contributed by atoms with E-state index in [0.717, 1.165) is 13.0 Å². The Morgan fingerprint density at radius 1 is 1.32 bits per heavy atom. The summed E-state index contributed by atoms with van der Waals surface area (Å²) < 4.78 is 13.4. The average Bonchev–Trinajstić information content (AvgIpc) is 2.93. The summed E-state index contributed by atoms with van der Waals surface area (Å²) in [7, 11) is 0. The first-order chi connectivity index (χ1) is 11.5. The fraction of sp³-hybridized carbons (Fsp3) is 0.389. The first-order valence-corrected chi connectivity index (χ1v) is 8.87. The van der Waals surface area contributed by atoms with Gasteiger partial charge in [-0.25, -0.2) is 9.38 Å². The van der Waals surface area contributed by atoms with Crippen molar-refractivity contribution in [3.05, 3.63) is 51.5 Å². The molecule has 0 fully saturated rings. The Bertz CT molecular complexity index is 705. The van der Waals surface area contributed by atoms with Gasteiger partial charge in [-0.05, 0) is 50.6 Å². The van der Waals surface area contributed by atoms with E-state index in [9.17, 15) is 9.50 Å². The van der Waals surface area contributed by atoms with Crippen molar-refractivity contribution in [2.45, 2.75) is 39.8 Å². The molecule has 0 bridgehead atoms. The molecular weight excluding hydrogens is 452 g/mol. The molecule has 138 valence electrons. The van der Waals surface area contributed by atoms with Crippen molar-refractivity contribution < 1.29 is 9.50 Å². The summed E-state index contributed by atoms with van der Waals surface area (Å²) >= 11 is 1.80. The molecule has 4 nitrogen and oxygen atoms in total. The number of halogens is 2. The molecule has 0 aliphatic rings. The van der Waals surface area contributed by atoms with Crippen LogP contribution in [0.1, 0.15) is 29.2 Å². The number of nitrogens with zero attached hydrogens (tertiary/aromatic N) is 1. The van der Waals surface area contributed by atoms with Gasteiger partial charge >= 0.3 is 0 Å². The lowest BCUT2D eigenvalue weighted by Gasteiger charge is -2.17. The number of benzene rings is 1. The van der Waals surface area contributed by atoms with Crippen LogP contribution in [0.25, 0.3) is 0 Å². The van der Waals surface area contributed by atoms with Gasteiger partial charge in [0.25, 0.3) is 0 Å². The molecule has 3 N–H and O–H groups in total. The number of phenolic OH excluding ortho intramolecular Hbond substituents is 1. The van der Waals surface area contributed by atoms with Gasteiger partial charge in [0.15, 0.2) is 17.5 Å².